The summed E-state index contributed by atoms with van der Waals surface area (Å²) in [5.41, 5.74) is 2.04. The molecule has 0 aromatic carbocycles. The van der Waals surface area contributed by atoms with E-state index < -0.39 is 0 Å². The van der Waals surface area contributed by atoms with Crippen LogP contribution in [0.1, 0.15) is 63.6 Å². The molecule has 1 aliphatic carbocycles. The highest BCUT2D eigenvalue weighted by molar-refractivity contribution is 5.80. The number of carbonyl (C=O) groups excluding carboxylic acids is 1. The van der Waals surface area contributed by atoms with Crippen LogP contribution in [0.3, 0.4) is 0 Å². The predicted octanol–water partition coefficient (Wildman–Crippen LogP) is 3.22. The van der Waals surface area contributed by atoms with E-state index in [9.17, 15) is 4.79 Å². The molecule has 1 aromatic heterocycles. The number of carbonyl (C=O) groups is 1. The topological polar surface area (TPSA) is 57.6 Å². The average molecular weight is 359 g/mol. The van der Waals surface area contributed by atoms with Crippen LogP contribution >= 0.6 is 0 Å². The molecule has 2 rings (SSSR count). The van der Waals surface area contributed by atoms with E-state index in [1.807, 2.05) is 24.5 Å². The fourth-order valence-electron chi connectivity index (χ4n) is 2.88. The smallest absolute Gasteiger partial charge is 0.146 e. The molecule has 1 heterocycles. The molecule has 144 valence electrons. The average Bonchev–Trinajstić information content (AvgIpc) is 3.48. The van der Waals surface area contributed by atoms with Gasteiger partial charge in [0.05, 0.1) is 18.3 Å². The van der Waals surface area contributed by atoms with Crippen LogP contribution in [0, 0.1) is 0 Å². The third-order valence-corrected chi connectivity index (χ3v) is 4.77. The number of aromatic nitrogens is 1. The SMILES string of the molecule is CCN(CC)CCCCCC(=O)CNCc1cc(C=NC2CC2)ccn1. The van der Waals surface area contributed by atoms with Crippen molar-refractivity contribution < 1.29 is 4.79 Å². The number of hydrogen-bond acceptors (Lipinski definition) is 5. The summed E-state index contributed by atoms with van der Waals surface area (Å²) in [7, 11) is 0. The van der Waals surface area contributed by atoms with Gasteiger partial charge in [0.2, 0.25) is 0 Å². The number of hydrogen-bond donors (Lipinski definition) is 1. The molecule has 5 heteroatoms. The molecule has 0 saturated heterocycles. The van der Waals surface area contributed by atoms with Gasteiger partial charge in [-0.25, -0.2) is 0 Å². The fraction of sp³-hybridized carbons (Fsp3) is 0.667. The first-order valence-electron chi connectivity index (χ1n) is 10.1. The Morgan fingerprint density at radius 3 is 2.85 bits per heavy atom. The van der Waals surface area contributed by atoms with Gasteiger partial charge in [0.1, 0.15) is 5.78 Å². The van der Waals surface area contributed by atoms with E-state index in [0.717, 1.165) is 43.7 Å². The first-order chi connectivity index (χ1) is 12.7. The standard InChI is InChI=1S/C21H34N4O/c1-3-25(4-2)13-7-5-6-8-21(26)17-22-16-20-14-18(11-12-23-20)15-24-19-9-10-19/h11-12,14-15,19,22H,3-10,13,16-17H2,1-2H3. The number of ketones is 1. The molecule has 1 N–H and O–H groups in total. The minimum atomic E-state index is 0.291. The van der Waals surface area contributed by atoms with Crippen LogP contribution < -0.4 is 5.32 Å². The minimum Gasteiger partial charge on any atom is -0.304 e. The van der Waals surface area contributed by atoms with Gasteiger partial charge in [0.25, 0.3) is 0 Å². The van der Waals surface area contributed by atoms with Crippen molar-refractivity contribution >= 4 is 12.0 Å². The molecule has 1 aromatic rings. The molecule has 1 fully saturated rings. The Bertz CT molecular complexity index is 565. The number of nitrogens with one attached hydrogen (secondary N) is 1. The molecule has 5 nitrogen and oxygen atoms in total. The second-order valence-electron chi connectivity index (χ2n) is 7.07. The van der Waals surface area contributed by atoms with Crippen LogP contribution in [-0.2, 0) is 11.3 Å². The molecule has 1 aliphatic rings. The Kier molecular flexibility index (Phi) is 9.50. The van der Waals surface area contributed by atoms with E-state index in [-0.39, 0.29) is 0 Å². The van der Waals surface area contributed by atoms with Crippen molar-refractivity contribution in [3.8, 4) is 0 Å². The monoisotopic (exact) mass is 358 g/mol. The number of rotatable bonds is 14. The minimum absolute atomic E-state index is 0.291. The van der Waals surface area contributed by atoms with Gasteiger partial charge >= 0.3 is 0 Å². The second kappa shape index (κ2) is 11.9. The number of Topliss-reactive ketones (excluding diaryl/α,β-unsaturated/α-hetero) is 1. The van der Waals surface area contributed by atoms with Crippen LogP contribution in [0.25, 0.3) is 0 Å². The van der Waals surface area contributed by atoms with Crippen LogP contribution in [0.4, 0.5) is 0 Å². The zero-order valence-electron chi connectivity index (χ0n) is 16.4. The second-order valence-corrected chi connectivity index (χ2v) is 7.07. The maximum absolute atomic E-state index is 12.0. The molecule has 0 unspecified atom stereocenters. The predicted molar refractivity (Wildman–Crippen MR) is 108 cm³/mol. The van der Waals surface area contributed by atoms with E-state index in [0.29, 0.717) is 31.3 Å². The fourth-order valence-corrected chi connectivity index (χ4v) is 2.88. The lowest BCUT2D eigenvalue weighted by Crippen LogP contribution is -2.24. The van der Waals surface area contributed by atoms with E-state index in [2.05, 4.69) is 34.0 Å². The summed E-state index contributed by atoms with van der Waals surface area (Å²) < 4.78 is 0. The Morgan fingerprint density at radius 2 is 2.12 bits per heavy atom. The van der Waals surface area contributed by atoms with Crippen molar-refractivity contribution in [1.29, 1.82) is 0 Å². The van der Waals surface area contributed by atoms with E-state index in [4.69, 9.17) is 0 Å². The highest BCUT2D eigenvalue weighted by atomic mass is 16.1. The van der Waals surface area contributed by atoms with E-state index >= 15 is 0 Å². The number of aliphatic imine (C=N–C) groups is 1. The molecule has 0 amide bonds. The van der Waals surface area contributed by atoms with Gasteiger partial charge in [-0.1, -0.05) is 20.3 Å². The lowest BCUT2D eigenvalue weighted by molar-refractivity contribution is -0.118. The molecule has 0 radical (unpaired) electrons. The van der Waals surface area contributed by atoms with Crippen LogP contribution in [0.5, 0.6) is 0 Å². The van der Waals surface area contributed by atoms with Crippen LogP contribution in [0.2, 0.25) is 0 Å². The Hall–Kier alpha value is -1.59. The third-order valence-electron chi connectivity index (χ3n) is 4.77. The zero-order valence-corrected chi connectivity index (χ0v) is 16.4. The molecule has 0 bridgehead atoms. The first-order valence-corrected chi connectivity index (χ1v) is 10.1. The highest BCUT2D eigenvalue weighted by Gasteiger charge is 2.18. The quantitative estimate of drug-likeness (QED) is 0.410. The summed E-state index contributed by atoms with van der Waals surface area (Å²) >= 11 is 0. The largest absolute Gasteiger partial charge is 0.304 e. The molecule has 0 spiro atoms. The van der Waals surface area contributed by atoms with Crippen LogP contribution in [-0.4, -0.2) is 54.1 Å². The van der Waals surface area contributed by atoms with Gasteiger partial charge in [0, 0.05) is 25.4 Å². The summed E-state index contributed by atoms with van der Waals surface area (Å²) in [6.07, 6.45) is 10.2. The zero-order chi connectivity index (χ0) is 18.6. The third kappa shape index (κ3) is 8.68. The summed E-state index contributed by atoms with van der Waals surface area (Å²) in [6.45, 7) is 8.82. The van der Waals surface area contributed by atoms with E-state index in [1.165, 1.54) is 19.3 Å². The number of unbranched alkanes of at least 4 members (excludes halogenated alkanes) is 2. The molecular formula is C21H34N4O. The van der Waals surface area contributed by atoms with E-state index in [1.54, 1.807) is 0 Å². The van der Waals surface area contributed by atoms with Crippen molar-refractivity contribution in [3.05, 3.63) is 29.6 Å². The molecular weight excluding hydrogens is 324 g/mol. The van der Waals surface area contributed by atoms with Gasteiger partial charge in [0.15, 0.2) is 0 Å². The summed E-state index contributed by atoms with van der Waals surface area (Å²) in [6, 6.07) is 4.55. The Labute approximate surface area is 158 Å². The summed E-state index contributed by atoms with van der Waals surface area (Å²) in [5.74, 6) is 0.291. The van der Waals surface area contributed by atoms with Gasteiger partial charge in [-0.2, -0.15) is 0 Å². The van der Waals surface area contributed by atoms with Gasteiger partial charge in [-0.15, -0.1) is 0 Å². The molecule has 0 aliphatic heterocycles. The van der Waals surface area contributed by atoms with Crippen molar-refractivity contribution in [2.24, 2.45) is 4.99 Å². The normalized spacial score (nSPS) is 14.4. The summed E-state index contributed by atoms with van der Waals surface area (Å²) in [5, 5.41) is 3.22. The van der Waals surface area contributed by atoms with Crippen LogP contribution in [0.15, 0.2) is 23.3 Å². The Morgan fingerprint density at radius 1 is 1.31 bits per heavy atom. The van der Waals surface area contributed by atoms with Gasteiger partial charge in [-0.05, 0) is 63.0 Å². The first kappa shape index (κ1) is 20.7. The number of pyridine rings is 1. The van der Waals surface area contributed by atoms with Crippen molar-refractivity contribution in [3.63, 3.8) is 0 Å². The molecule has 26 heavy (non-hydrogen) atoms. The van der Waals surface area contributed by atoms with Crippen molar-refractivity contribution in [2.75, 3.05) is 26.2 Å². The van der Waals surface area contributed by atoms with Crippen molar-refractivity contribution in [1.82, 2.24) is 15.2 Å². The Balaban J connectivity index is 1.56. The maximum Gasteiger partial charge on any atom is 0.146 e. The summed E-state index contributed by atoms with van der Waals surface area (Å²) in [4.78, 5) is 23.3. The van der Waals surface area contributed by atoms with Gasteiger partial charge < -0.3 is 10.2 Å². The van der Waals surface area contributed by atoms with Gasteiger partial charge in [-0.3, -0.25) is 14.8 Å². The van der Waals surface area contributed by atoms with Crippen molar-refractivity contribution in [2.45, 2.75) is 65.0 Å². The maximum atomic E-state index is 12.0. The number of nitrogens with zero attached hydrogens (tertiary/aromatic N) is 3. The lowest BCUT2D eigenvalue weighted by atomic mass is 10.1. The lowest BCUT2D eigenvalue weighted by Gasteiger charge is -2.17. The highest BCUT2D eigenvalue weighted by Crippen LogP contribution is 2.23. The molecule has 1 saturated carbocycles. The molecule has 0 atom stereocenters.